The normalized spacial score (nSPS) is 11.3. The Morgan fingerprint density at radius 1 is 1.04 bits per heavy atom. The third kappa shape index (κ3) is 5.32. The van der Waals surface area contributed by atoms with Crippen molar-refractivity contribution >= 4 is 5.97 Å². The summed E-state index contributed by atoms with van der Waals surface area (Å²) in [4.78, 5) is 10.6. The first-order valence-electron chi connectivity index (χ1n) is 6.94. The fraction of sp³-hybridized carbons (Fsp3) is 0.235. The molecule has 0 saturated carbocycles. The minimum absolute atomic E-state index is 0.0148. The molecule has 122 valence electrons. The van der Waals surface area contributed by atoms with Gasteiger partial charge in [-0.05, 0) is 35.7 Å². The highest BCUT2D eigenvalue weighted by molar-refractivity contribution is 5.67. The number of rotatable bonds is 6. The molecule has 0 aliphatic carbocycles. The van der Waals surface area contributed by atoms with Gasteiger partial charge in [-0.3, -0.25) is 4.79 Å². The summed E-state index contributed by atoms with van der Waals surface area (Å²) in [5, 5.41) is 8.67. The van der Waals surface area contributed by atoms with Crippen LogP contribution in [-0.2, 0) is 24.0 Å². The van der Waals surface area contributed by atoms with Crippen LogP contribution in [0.15, 0.2) is 48.5 Å². The topological polar surface area (TPSA) is 46.5 Å². The largest absolute Gasteiger partial charge is 0.489 e. The molecule has 2 aromatic rings. The van der Waals surface area contributed by atoms with Crippen molar-refractivity contribution in [1.29, 1.82) is 0 Å². The molecule has 0 spiro atoms. The Morgan fingerprint density at radius 3 is 2.35 bits per heavy atom. The van der Waals surface area contributed by atoms with Crippen LogP contribution in [0.4, 0.5) is 13.2 Å². The second-order valence-electron chi connectivity index (χ2n) is 5.03. The van der Waals surface area contributed by atoms with Gasteiger partial charge in [0.15, 0.2) is 0 Å². The van der Waals surface area contributed by atoms with Gasteiger partial charge in [-0.15, -0.1) is 0 Å². The van der Waals surface area contributed by atoms with Crippen LogP contribution in [0.2, 0.25) is 0 Å². The number of halogens is 3. The van der Waals surface area contributed by atoms with Crippen molar-refractivity contribution < 1.29 is 27.8 Å². The number of aliphatic carboxylic acids is 1. The van der Waals surface area contributed by atoms with Crippen molar-refractivity contribution in [2.75, 3.05) is 0 Å². The van der Waals surface area contributed by atoms with E-state index in [9.17, 15) is 18.0 Å². The summed E-state index contributed by atoms with van der Waals surface area (Å²) < 4.78 is 44.2. The molecule has 0 atom stereocenters. The van der Waals surface area contributed by atoms with E-state index in [0.717, 1.165) is 17.7 Å². The Bertz CT molecular complexity index is 667. The lowest BCUT2D eigenvalue weighted by molar-refractivity contribution is -0.138. The first-order chi connectivity index (χ1) is 10.8. The number of carboxylic acid groups (broad SMARTS) is 1. The zero-order chi connectivity index (χ0) is 16.9. The standard InChI is InChI=1S/C17H15F3O3/c18-17(19,20)14-8-13(6-7-16(21)22)9-15(10-14)23-11-12-4-2-1-3-5-12/h1-5,8-10H,6-7,11H2,(H,21,22). The minimum atomic E-state index is -4.51. The van der Waals surface area contributed by atoms with Crippen LogP contribution in [0.5, 0.6) is 5.75 Å². The van der Waals surface area contributed by atoms with Crippen LogP contribution in [0.3, 0.4) is 0 Å². The van der Waals surface area contributed by atoms with Gasteiger partial charge in [0.2, 0.25) is 0 Å². The highest BCUT2D eigenvalue weighted by Crippen LogP contribution is 2.33. The van der Waals surface area contributed by atoms with E-state index in [1.807, 2.05) is 18.2 Å². The van der Waals surface area contributed by atoms with E-state index in [0.29, 0.717) is 0 Å². The van der Waals surface area contributed by atoms with Gasteiger partial charge < -0.3 is 9.84 Å². The van der Waals surface area contributed by atoms with Crippen molar-refractivity contribution in [1.82, 2.24) is 0 Å². The van der Waals surface area contributed by atoms with Crippen LogP contribution in [0, 0.1) is 0 Å². The summed E-state index contributed by atoms with van der Waals surface area (Å²) in [5.41, 5.74) is 0.269. The predicted molar refractivity (Wildman–Crippen MR) is 78.2 cm³/mol. The molecule has 0 radical (unpaired) electrons. The van der Waals surface area contributed by atoms with E-state index < -0.39 is 17.7 Å². The lowest BCUT2D eigenvalue weighted by Gasteiger charge is -2.13. The van der Waals surface area contributed by atoms with E-state index in [2.05, 4.69) is 0 Å². The third-order valence-corrected chi connectivity index (χ3v) is 3.17. The molecule has 0 aliphatic heterocycles. The lowest BCUT2D eigenvalue weighted by Crippen LogP contribution is -2.07. The predicted octanol–water partition coefficient (Wildman–Crippen LogP) is 4.30. The van der Waals surface area contributed by atoms with Gasteiger partial charge in [0, 0.05) is 6.42 Å². The molecule has 3 nitrogen and oxygen atoms in total. The summed E-state index contributed by atoms with van der Waals surface area (Å²) >= 11 is 0. The van der Waals surface area contributed by atoms with E-state index in [1.165, 1.54) is 6.07 Å². The Hall–Kier alpha value is -2.50. The van der Waals surface area contributed by atoms with E-state index in [-0.39, 0.29) is 30.8 Å². The average molecular weight is 324 g/mol. The summed E-state index contributed by atoms with van der Waals surface area (Å²) in [5.74, 6) is -0.988. The van der Waals surface area contributed by atoms with Crippen molar-refractivity contribution in [2.24, 2.45) is 0 Å². The number of alkyl halides is 3. The summed E-state index contributed by atoms with van der Waals surface area (Å²) in [6, 6.07) is 12.4. The number of aryl methyl sites for hydroxylation is 1. The van der Waals surface area contributed by atoms with Crippen LogP contribution < -0.4 is 4.74 Å². The quantitative estimate of drug-likeness (QED) is 0.861. The van der Waals surface area contributed by atoms with E-state index >= 15 is 0 Å². The van der Waals surface area contributed by atoms with Gasteiger partial charge >= 0.3 is 12.1 Å². The van der Waals surface area contributed by atoms with Gasteiger partial charge in [0.1, 0.15) is 12.4 Å². The fourth-order valence-electron chi connectivity index (χ4n) is 2.04. The smallest absolute Gasteiger partial charge is 0.416 e. The SMILES string of the molecule is O=C(O)CCc1cc(OCc2ccccc2)cc(C(F)(F)F)c1. The molecule has 2 rings (SSSR count). The zero-order valence-corrected chi connectivity index (χ0v) is 12.1. The summed E-state index contributed by atoms with van der Waals surface area (Å²) in [6.07, 6.45) is -4.73. The second kappa shape index (κ2) is 7.17. The molecule has 0 aliphatic rings. The Kier molecular flexibility index (Phi) is 5.26. The monoisotopic (exact) mass is 324 g/mol. The molecule has 0 amide bonds. The zero-order valence-electron chi connectivity index (χ0n) is 12.1. The number of benzene rings is 2. The number of ether oxygens (including phenoxy) is 1. The first-order valence-corrected chi connectivity index (χ1v) is 6.94. The van der Waals surface area contributed by atoms with Crippen molar-refractivity contribution in [3.8, 4) is 5.75 Å². The van der Waals surface area contributed by atoms with Gasteiger partial charge in [0.05, 0.1) is 5.56 Å². The van der Waals surface area contributed by atoms with E-state index in [4.69, 9.17) is 9.84 Å². The van der Waals surface area contributed by atoms with Crippen LogP contribution >= 0.6 is 0 Å². The average Bonchev–Trinajstić information content (AvgIpc) is 2.51. The van der Waals surface area contributed by atoms with Crippen molar-refractivity contribution in [3.05, 3.63) is 65.2 Å². The molecular formula is C17H15F3O3. The van der Waals surface area contributed by atoms with Gasteiger partial charge in [-0.1, -0.05) is 30.3 Å². The number of hydrogen-bond acceptors (Lipinski definition) is 2. The van der Waals surface area contributed by atoms with E-state index in [1.54, 1.807) is 12.1 Å². The number of carboxylic acids is 1. The fourth-order valence-corrected chi connectivity index (χ4v) is 2.04. The highest BCUT2D eigenvalue weighted by Gasteiger charge is 2.31. The molecule has 2 aromatic carbocycles. The molecule has 23 heavy (non-hydrogen) atoms. The Labute approximate surface area is 131 Å². The summed E-state index contributed by atoms with van der Waals surface area (Å²) in [7, 11) is 0. The maximum Gasteiger partial charge on any atom is 0.416 e. The molecule has 6 heteroatoms. The Morgan fingerprint density at radius 2 is 1.74 bits per heavy atom. The third-order valence-electron chi connectivity index (χ3n) is 3.17. The van der Waals surface area contributed by atoms with Gasteiger partial charge in [-0.2, -0.15) is 13.2 Å². The molecule has 1 N–H and O–H groups in total. The maximum absolute atomic E-state index is 12.9. The second-order valence-corrected chi connectivity index (χ2v) is 5.03. The Balaban J connectivity index is 2.19. The number of hydrogen-bond donors (Lipinski definition) is 1. The molecule has 0 aromatic heterocycles. The first kappa shape index (κ1) is 16.9. The molecule has 0 bridgehead atoms. The van der Waals surface area contributed by atoms with Crippen LogP contribution in [-0.4, -0.2) is 11.1 Å². The van der Waals surface area contributed by atoms with Gasteiger partial charge in [-0.25, -0.2) is 0 Å². The van der Waals surface area contributed by atoms with Crippen molar-refractivity contribution in [3.63, 3.8) is 0 Å². The number of carbonyl (C=O) groups is 1. The van der Waals surface area contributed by atoms with Crippen molar-refractivity contribution in [2.45, 2.75) is 25.6 Å². The van der Waals surface area contributed by atoms with Crippen LogP contribution in [0.25, 0.3) is 0 Å². The maximum atomic E-state index is 12.9. The molecule has 0 fully saturated rings. The highest BCUT2D eigenvalue weighted by atomic mass is 19.4. The minimum Gasteiger partial charge on any atom is -0.489 e. The van der Waals surface area contributed by atoms with Crippen LogP contribution in [0.1, 0.15) is 23.1 Å². The lowest BCUT2D eigenvalue weighted by atomic mass is 10.1. The molecule has 0 heterocycles. The van der Waals surface area contributed by atoms with Gasteiger partial charge in [0.25, 0.3) is 0 Å². The molecule has 0 unspecified atom stereocenters. The molecular weight excluding hydrogens is 309 g/mol. The summed E-state index contributed by atoms with van der Waals surface area (Å²) in [6.45, 7) is 0.139. The molecule has 0 saturated heterocycles.